The van der Waals surface area contributed by atoms with Crippen LogP contribution in [0.3, 0.4) is 0 Å². The van der Waals surface area contributed by atoms with Crippen molar-refractivity contribution in [2.75, 3.05) is 26.4 Å². The van der Waals surface area contributed by atoms with Crippen molar-refractivity contribution < 1.29 is 19.0 Å². The maximum atomic E-state index is 11.2. The molecule has 0 aliphatic carbocycles. The summed E-state index contributed by atoms with van der Waals surface area (Å²) in [6, 6.07) is 0. The van der Waals surface area contributed by atoms with Crippen molar-refractivity contribution in [3.05, 3.63) is 0 Å². The quantitative estimate of drug-likeness (QED) is 0.415. The maximum absolute atomic E-state index is 11.2. The Hall–Kier alpha value is -0.610. The largest absolute Gasteiger partial charge is 0.463 e. The van der Waals surface area contributed by atoms with Crippen molar-refractivity contribution >= 4 is 5.97 Å². The van der Waals surface area contributed by atoms with E-state index in [0.29, 0.717) is 32.7 Å². The van der Waals surface area contributed by atoms with E-state index in [-0.39, 0.29) is 12.1 Å². The molecule has 0 rings (SSSR count). The van der Waals surface area contributed by atoms with Gasteiger partial charge in [-0.2, -0.15) is 0 Å². The van der Waals surface area contributed by atoms with Gasteiger partial charge in [0.15, 0.2) is 0 Å². The maximum Gasteiger partial charge on any atom is 0.306 e. The lowest BCUT2D eigenvalue weighted by Gasteiger charge is -2.08. The highest BCUT2D eigenvalue weighted by Gasteiger charge is 2.04. The van der Waals surface area contributed by atoms with E-state index in [1.165, 1.54) is 0 Å². The summed E-state index contributed by atoms with van der Waals surface area (Å²) < 4.78 is 15.7. The van der Waals surface area contributed by atoms with Crippen LogP contribution in [0.5, 0.6) is 0 Å². The molecule has 0 aromatic heterocycles. The molecule has 0 amide bonds. The average Bonchev–Trinajstić information content (AvgIpc) is 2.26. The molecule has 4 heteroatoms. The molecule has 0 aromatic rings. The molecule has 0 N–H and O–H groups in total. The van der Waals surface area contributed by atoms with Crippen LogP contribution >= 0.6 is 0 Å². The van der Waals surface area contributed by atoms with Crippen molar-refractivity contribution in [1.82, 2.24) is 0 Å². The van der Waals surface area contributed by atoms with Gasteiger partial charge in [-0.05, 0) is 26.7 Å². The molecule has 0 saturated carbocycles. The fourth-order valence-corrected chi connectivity index (χ4v) is 1.21. The zero-order valence-corrected chi connectivity index (χ0v) is 11.4. The first-order chi connectivity index (χ1) is 8.16. The third-order valence-corrected chi connectivity index (χ3v) is 2.05. The Morgan fingerprint density at radius 3 is 2.12 bits per heavy atom. The Bertz CT molecular complexity index is 180. The number of rotatable bonds is 11. The smallest absolute Gasteiger partial charge is 0.306 e. The number of unbranched alkanes of at least 4 members (excludes halogenated alkanes) is 1. The van der Waals surface area contributed by atoms with Crippen molar-refractivity contribution in [3.63, 3.8) is 0 Å². The van der Waals surface area contributed by atoms with E-state index in [0.717, 1.165) is 19.4 Å². The highest BCUT2D eigenvalue weighted by atomic mass is 16.5. The minimum Gasteiger partial charge on any atom is -0.463 e. The third kappa shape index (κ3) is 13.3. The van der Waals surface area contributed by atoms with Crippen LogP contribution in [0, 0.1) is 0 Å². The van der Waals surface area contributed by atoms with E-state index in [1.807, 2.05) is 13.8 Å². The second-order valence-corrected chi connectivity index (χ2v) is 4.22. The van der Waals surface area contributed by atoms with Crippen molar-refractivity contribution in [2.24, 2.45) is 0 Å². The van der Waals surface area contributed by atoms with Gasteiger partial charge < -0.3 is 14.2 Å². The van der Waals surface area contributed by atoms with Gasteiger partial charge in [-0.3, -0.25) is 4.79 Å². The molecule has 0 aromatic carbocycles. The van der Waals surface area contributed by atoms with Gasteiger partial charge in [-0.25, -0.2) is 0 Å². The predicted molar refractivity (Wildman–Crippen MR) is 67.0 cm³/mol. The monoisotopic (exact) mass is 246 g/mol. The predicted octanol–water partition coefficient (Wildman–Crippen LogP) is 2.55. The molecule has 0 unspecified atom stereocenters. The molecule has 17 heavy (non-hydrogen) atoms. The molecule has 0 heterocycles. The molecule has 0 spiro atoms. The standard InChI is InChI=1S/C13H26O4/c1-4-5-8-15-10-11-16-9-6-7-13(14)17-12(2)3/h12H,4-11H2,1-3H3. The minimum atomic E-state index is -0.150. The van der Waals surface area contributed by atoms with Gasteiger partial charge in [0, 0.05) is 19.6 Å². The lowest BCUT2D eigenvalue weighted by Crippen LogP contribution is -2.12. The highest BCUT2D eigenvalue weighted by Crippen LogP contribution is 1.97. The van der Waals surface area contributed by atoms with Crippen LogP contribution in [0.25, 0.3) is 0 Å². The van der Waals surface area contributed by atoms with E-state index in [1.54, 1.807) is 0 Å². The summed E-state index contributed by atoms with van der Waals surface area (Å²) in [7, 11) is 0. The summed E-state index contributed by atoms with van der Waals surface area (Å²) >= 11 is 0. The molecule has 0 saturated heterocycles. The first-order valence-electron chi connectivity index (χ1n) is 6.51. The second kappa shape index (κ2) is 11.9. The fourth-order valence-electron chi connectivity index (χ4n) is 1.21. The number of hydrogen-bond acceptors (Lipinski definition) is 4. The molecule has 0 aliphatic rings. The lowest BCUT2D eigenvalue weighted by molar-refractivity contribution is -0.147. The van der Waals surface area contributed by atoms with Gasteiger partial charge in [0.05, 0.1) is 19.3 Å². The van der Waals surface area contributed by atoms with Gasteiger partial charge in [0.2, 0.25) is 0 Å². The van der Waals surface area contributed by atoms with Crippen molar-refractivity contribution in [2.45, 2.75) is 52.6 Å². The van der Waals surface area contributed by atoms with Crippen LogP contribution < -0.4 is 0 Å². The molecule has 0 fully saturated rings. The molecule has 0 aliphatic heterocycles. The Kier molecular flexibility index (Phi) is 11.4. The fraction of sp³-hybridized carbons (Fsp3) is 0.923. The van der Waals surface area contributed by atoms with Crippen LogP contribution in [0.15, 0.2) is 0 Å². The summed E-state index contributed by atoms with van der Waals surface area (Å²) in [5, 5.41) is 0. The number of carbonyl (C=O) groups is 1. The topological polar surface area (TPSA) is 44.8 Å². The highest BCUT2D eigenvalue weighted by molar-refractivity contribution is 5.69. The SMILES string of the molecule is CCCCOCCOCCCC(=O)OC(C)C. The second-order valence-electron chi connectivity index (χ2n) is 4.22. The summed E-state index contributed by atoms with van der Waals surface area (Å²) in [6.07, 6.45) is 3.35. The lowest BCUT2D eigenvalue weighted by atomic mass is 10.3. The summed E-state index contributed by atoms with van der Waals surface area (Å²) in [6.45, 7) is 8.46. The van der Waals surface area contributed by atoms with Gasteiger partial charge >= 0.3 is 5.97 Å². The van der Waals surface area contributed by atoms with E-state index < -0.39 is 0 Å². The van der Waals surface area contributed by atoms with Gasteiger partial charge in [0.25, 0.3) is 0 Å². The number of esters is 1. The van der Waals surface area contributed by atoms with E-state index >= 15 is 0 Å². The zero-order valence-electron chi connectivity index (χ0n) is 11.4. The molecule has 102 valence electrons. The van der Waals surface area contributed by atoms with E-state index in [4.69, 9.17) is 14.2 Å². The zero-order chi connectivity index (χ0) is 12.9. The first kappa shape index (κ1) is 16.4. The Balaban J connectivity index is 3.10. The Morgan fingerprint density at radius 1 is 1.00 bits per heavy atom. The summed E-state index contributed by atoms with van der Waals surface area (Å²) in [4.78, 5) is 11.2. The first-order valence-corrected chi connectivity index (χ1v) is 6.51. The third-order valence-electron chi connectivity index (χ3n) is 2.05. The molecule has 0 radical (unpaired) electrons. The average molecular weight is 246 g/mol. The normalized spacial score (nSPS) is 10.8. The van der Waals surface area contributed by atoms with Gasteiger partial charge in [0.1, 0.15) is 0 Å². The van der Waals surface area contributed by atoms with Crippen LogP contribution in [-0.4, -0.2) is 38.5 Å². The van der Waals surface area contributed by atoms with Crippen molar-refractivity contribution in [1.29, 1.82) is 0 Å². The molecular formula is C13H26O4. The summed E-state index contributed by atoms with van der Waals surface area (Å²) in [5.41, 5.74) is 0. The van der Waals surface area contributed by atoms with E-state index in [2.05, 4.69) is 6.92 Å². The number of hydrogen-bond donors (Lipinski definition) is 0. The molecular weight excluding hydrogens is 220 g/mol. The molecule has 0 bridgehead atoms. The van der Waals surface area contributed by atoms with E-state index in [9.17, 15) is 4.79 Å². The Labute approximate surface area is 105 Å². The van der Waals surface area contributed by atoms with Crippen LogP contribution in [-0.2, 0) is 19.0 Å². The van der Waals surface area contributed by atoms with Gasteiger partial charge in [-0.15, -0.1) is 0 Å². The number of carbonyl (C=O) groups excluding carboxylic acids is 1. The van der Waals surface area contributed by atoms with Crippen LogP contribution in [0.2, 0.25) is 0 Å². The van der Waals surface area contributed by atoms with Crippen LogP contribution in [0.4, 0.5) is 0 Å². The van der Waals surface area contributed by atoms with Crippen LogP contribution in [0.1, 0.15) is 46.5 Å². The molecule has 0 atom stereocenters. The van der Waals surface area contributed by atoms with Crippen molar-refractivity contribution in [3.8, 4) is 0 Å². The molecule has 4 nitrogen and oxygen atoms in total. The minimum absolute atomic E-state index is 0.0321. The van der Waals surface area contributed by atoms with Gasteiger partial charge in [-0.1, -0.05) is 13.3 Å². The Morgan fingerprint density at radius 2 is 1.59 bits per heavy atom. The number of ether oxygens (including phenoxy) is 3. The summed E-state index contributed by atoms with van der Waals surface area (Å²) in [5.74, 6) is -0.150.